The van der Waals surface area contributed by atoms with Crippen LogP contribution in [0, 0.1) is 10.1 Å². The zero-order chi connectivity index (χ0) is 13.1. The summed E-state index contributed by atoms with van der Waals surface area (Å²) in [7, 11) is 0. The van der Waals surface area contributed by atoms with Crippen molar-refractivity contribution in [2.75, 3.05) is 11.9 Å². The number of aliphatic imine (C=N–C) groups is 1. The fourth-order valence-electron chi connectivity index (χ4n) is 1.61. The number of benzene rings is 1. The third kappa shape index (κ3) is 2.45. The lowest BCUT2D eigenvalue weighted by Gasteiger charge is -2.07. The molecule has 0 fully saturated rings. The van der Waals surface area contributed by atoms with Crippen molar-refractivity contribution in [1.82, 2.24) is 5.32 Å². The molecule has 2 rings (SSSR count). The average Bonchev–Trinajstić information content (AvgIpc) is 2.76. The van der Waals surface area contributed by atoms with E-state index < -0.39 is 10.8 Å². The first-order chi connectivity index (χ1) is 8.58. The molecule has 0 spiro atoms. The number of nitrogens with one attached hydrogen (secondary N) is 2. The van der Waals surface area contributed by atoms with E-state index in [1.54, 1.807) is 12.1 Å². The molecule has 7 nitrogen and oxygen atoms in total. The molecule has 0 saturated heterocycles. The van der Waals surface area contributed by atoms with Crippen molar-refractivity contribution >= 4 is 23.1 Å². The lowest BCUT2D eigenvalue weighted by Crippen LogP contribution is -2.36. The zero-order valence-electron chi connectivity index (χ0n) is 9.71. The first-order valence-electron chi connectivity index (χ1n) is 5.43. The molecule has 1 unspecified atom stereocenters. The Morgan fingerprint density at radius 1 is 1.56 bits per heavy atom. The SMILES string of the molecule is CC1CN=C(C(=O)Nc2ccccc2[N+](=O)[O-])N1. The number of anilines is 1. The number of hydrogen-bond donors (Lipinski definition) is 2. The Labute approximate surface area is 103 Å². The first-order valence-corrected chi connectivity index (χ1v) is 5.43. The third-order valence-electron chi connectivity index (χ3n) is 2.47. The van der Waals surface area contributed by atoms with Gasteiger partial charge in [-0.25, -0.2) is 0 Å². The number of amides is 1. The highest BCUT2D eigenvalue weighted by molar-refractivity contribution is 6.42. The van der Waals surface area contributed by atoms with Crippen LogP contribution in [0.5, 0.6) is 0 Å². The van der Waals surface area contributed by atoms with Crippen LogP contribution in [0.3, 0.4) is 0 Å². The van der Waals surface area contributed by atoms with Gasteiger partial charge in [0.25, 0.3) is 11.6 Å². The van der Waals surface area contributed by atoms with Crippen molar-refractivity contribution in [2.45, 2.75) is 13.0 Å². The summed E-state index contributed by atoms with van der Waals surface area (Å²) in [5, 5.41) is 16.2. The van der Waals surface area contributed by atoms with E-state index in [4.69, 9.17) is 0 Å². The largest absolute Gasteiger partial charge is 0.361 e. The molecular weight excluding hydrogens is 236 g/mol. The third-order valence-corrected chi connectivity index (χ3v) is 2.47. The number of nitro benzene ring substituents is 1. The smallest absolute Gasteiger partial charge is 0.292 e. The quantitative estimate of drug-likeness (QED) is 0.614. The Bertz CT molecular complexity index is 527. The van der Waals surface area contributed by atoms with E-state index in [0.717, 1.165) is 0 Å². The van der Waals surface area contributed by atoms with Crippen LogP contribution in [-0.2, 0) is 4.79 Å². The highest BCUT2D eigenvalue weighted by Crippen LogP contribution is 2.23. The van der Waals surface area contributed by atoms with E-state index in [9.17, 15) is 14.9 Å². The molecule has 1 amide bonds. The summed E-state index contributed by atoms with van der Waals surface area (Å²) in [6.07, 6.45) is 0. The first kappa shape index (κ1) is 12.0. The molecule has 0 aromatic heterocycles. The van der Waals surface area contributed by atoms with E-state index in [2.05, 4.69) is 15.6 Å². The fourth-order valence-corrected chi connectivity index (χ4v) is 1.61. The zero-order valence-corrected chi connectivity index (χ0v) is 9.71. The van der Waals surface area contributed by atoms with Gasteiger partial charge >= 0.3 is 0 Å². The van der Waals surface area contributed by atoms with Crippen molar-refractivity contribution < 1.29 is 9.72 Å². The van der Waals surface area contributed by atoms with Gasteiger partial charge in [-0.1, -0.05) is 12.1 Å². The molecule has 1 aliphatic heterocycles. The molecule has 1 aromatic carbocycles. The Hall–Kier alpha value is -2.44. The second-order valence-electron chi connectivity index (χ2n) is 3.96. The van der Waals surface area contributed by atoms with Gasteiger partial charge in [0.15, 0.2) is 5.84 Å². The van der Waals surface area contributed by atoms with Crippen LogP contribution in [0.2, 0.25) is 0 Å². The molecule has 1 aliphatic rings. The van der Waals surface area contributed by atoms with Gasteiger partial charge in [-0.2, -0.15) is 0 Å². The van der Waals surface area contributed by atoms with E-state index >= 15 is 0 Å². The number of nitrogens with zero attached hydrogens (tertiary/aromatic N) is 2. The molecule has 0 saturated carbocycles. The summed E-state index contributed by atoms with van der Waals surface area (Å²) in [5.74, 6) is -0.255. The summed E-state index contributed by atoms with van der Waals surface area (Å²) in [6.45, 7) is 2.42. The Balaban J connectivity index is 2.15. The summed E-state index contributed by atoms with van der Waals surface area (Å²) < 4.78 is 0. The number of carbonyl (C=O) groups is 1. The van der Waals surface area contributed by atoms with E-state index in [0.29, 0.717) is 6.54 Å². The van der Waals surface area contributed by atoms with Gasteiger partial charge in [-0.3, -0.25) is 19.9 Å². The summed E-state index contributed by atoms with van der Waals surface area (Å²) in [5.41, 5.74) is 0.0223. The number of para-hydroxylation sites is 2. The minimum atomic E-state index is -0.540. The van der Waals surface area contributed by atoms with Crippen molar-refractivity contribution in [3.05, 3.63) is 34.4 Å². The van der Waals surface area contributed by atoms with Crippen molar-refractivity contribution in [3.63, 3.8) is 0 Å². The molecule has 94 valence electrons. The number of hydrogen-bond acceptors (Lipinski definition) is 5. The molecule has 0 bridgehead atoms. The van der Waals surface area contributed by atoms with Gasteiger partial charge in [-0.05, 0) is 13.0 Å². The van der Waals surface area contributed by atoms with Gasteiger partial charge in [0.1, 0.15) is 5.69 Å². The lowest BCUT2D eigenvalue weighted by atomic mass is 10.2. The highest BCUT2D eigenvalue weighted by atomic mass is 16.6. The van der Waals surface area contributed by atoms with Crippen molar-refractivity contribution in [1.29, 1.82) is 0 Å². The molecule has 1 atom stereocenters. The minimum Gasteiger partial charge on any atom is -0.361 e. The molecule has 1 heterocycles. The topological polar surface area (TPSA) is 96.6 Å². The number of carbonyl (C=O) groups excluding carboxylic acids is 1. The van der Waals surface area contributed by atoms with Crippen molar-refractivity contribution in [2.24, 2.45) is 4.99 Å². The minimum absolute atomic E-state index is 0.108. The second kappa shape index (κ2) is 4.82. The van der Waals surface area contributed by atoms with Crippen LogP contribution < -0.4 is 10.6 Å². The Morgan fingerprint density at radius 3 is 2.89 bits per heavy atom. The lowest BCUT2D eigenvalue weighted by molar-refractivity contribution is -0.383. The maximum absolute atomic E-state index is 11.8. The number of amidine groups is 1. The maximum atomic E-state index is 11.8. The van der Waals surface area contributed by atoms with Crippen LogP contribution >= 0.6 is 0 Å². The molecule has 18 heavy (non-hydrogen) atoms. The van der Waals surface area contributed by atoms with Gasteiger partial charge in [0.2, 0.25) is 0 Å². The molecular formula is C11H12N4O3. The van der Waals surface area contributed by atoms with Crippen molar-refractivity contribution in [3.8, 4) is 0 Å². The number of rotatable bonds is 3. The van der Waals surface area contributed by atoms with Crippen LogP contribution in [0.25, 0.3) is 0 Å². The van der Waals surface area contributed by atoms with Crippen LogP contribution in [0.4, 0.5) is 11.4 Å². The predicted octanol–water partition coefficient (Wildman–Crippen LogP) is 0.923. The maximum Gasteiger partial charge on any atom is 0.292 e. The van der Waals surface area contributed by atoms with Crippen LogP contribution in [0.15, 0.2) is 29.3 Å². The predicted molar refractivity (Wildman–Crippen MR) is 66.6 cm³/mol. The summed E-state index contributed by atoms with van der Waals surface area (Å²) in [4.78, 5) is 26.1. The van der Waals surface area contributed by atoms with Crippen LogP contribution in [-0.4, -0.2) is 29.3 Å². The van der Waals surface area contributed by atoms with E-state index in [-0.39, 0.29) is 23.3 Å². The number of nitro groups is 1. The standard InChI is InChI=1S/C11H12N4O3/c1-7-6-12-10(13-7)11(16)14-8-4-2-3-5-9(8)15(17)18/h2-5,7H,6H2,1H3,(H,12,13)(H,14,16). The van der Waals surface area contributed by atoms with Gasteiger partial charge in [0, 0.05) is 12.1 Å². The van der Waals surface area contributed by atoms with Gasteiger partial charge in [0.05, 0.1) is 11.5 Å². The molecule has 0 radical (unpaired) electrons. The van der Waals surface area contributed by atoms with E-state index in [1.165, 1.54) is 12.1 Å². The molecule has 2 N–H and O–H groups in total. The summed E-state index contributed by atoms with van der Waals surface area (Å²) in [6, 6.07) is 6.09. The van der Waals surface area contributed by atoms with E-state index in [1.807, 2.05) is 6.92 Å². The van der Waals surface area contributed by atoms with Gasteiger partial charge in [-0.15, -0.1) is 0 Å². The average molecular weight is 248 g/mol. The Kier molecular flexibility index (Phi) is 3.22. The molecule has 1 aromatic rings. The van der Waals surface area contributed by atoms with Crippen LogP contribution in [0.1, 0.15) is 6.92 Å². The van der Waals surface area contributed by atoms with Gasteiger partial charge < -0.3 is 10.6 Å². The normalized spacial score (nSPS) is 17.8. The molecule has 0 aliphatic carbocycles. The summed E-state index contributed by atoms with van der Waals surface area (Å²) >= 11 is 0. The Morgan fingerprint density at radius 2 is 2.28 bits per heavy atom. The second-order valence-corrected chi connectivity index (χ2v) is 3.96. The fraction of sp³-hybridized carbons (Fsp3) is 0.273. The monoisotopic (exact) mass is 248 g/mol. The molecule has 7 heteroatoms. The highest BCUT2D eigenvalue weighted by Gasteiger charge is 2.22.